The van der Waals surface area contributed by atoms with Gasteiger partial charge in [-0.15, -0.1) is 6.58 Å². The molecule has 0 aromatic carbocycles. The van der Waals surface area contributed by atoms with Gasteiger partial charge in [0.05, 0.1) is 0 Å². The summed E-state index contributed by atoms with van der Waals surface area (Å²) in [4.78, 5) is 23.9. The van der Waals surface area contributed by atoms with Crippen LogP contribution in [0.25, 0.3) is 0 Å². The standard InChI is InChI=1S/C11H16N2O2S.Na/c1-4-5-11(6-7(2)3)8(14)12-10(16)13-9(11)15;/h4,7H,1,5-6H2,2-3H3,(H2,12,13,14,15,16);. The average molecular weight is 263 g/mol. The molecule has 0 aromatic heterocycles. The minimum absolute atomic E-state index is 0. The molecular weight excluding hydrogens is 247 g/mol. The van der Waals surface area contributed by atoms with Crippen molar-refractivity contribution >= 4 is 58.7 Å². The molecule has 1 fully saturated rings. The normalized spacial score (nSPS) is 18.2. The van der Waals surface area contributed by atoms with Crippen molar-refractivity contribution in [3.05, 3.63) is 12.7 Å². The fraction of sp³-hybridized carbons (Fsp3) is 0.545. The number of thiocarbonyl (C=S) groups is 1. The van der Waals surface area contributed by atoms with Crippen LogP contribution in [0.5, 0.6) is 0 Å². The Balaban J connectivity index is 0.00000256. The fourth-order valence-electron chi connectivity index (χ4n) is 1.98. The van der Waals surface area contributed by atoms with Crippen LogP contribution in [0.4, 0.5) is 0 Å². The Morgan fingerprint density at radius 1 is 1.35 bits per heavy atom. The predicted octanol–water partition coefficient (Wildman–Crippen LogP) is 0.745. The Bertz CT molecular complexity index is 335. The molecule has 4 nitrogen and oxygen atoms in total. The molecule has 0 atom stereocenters. The molecule has 1 aliphatic rings. The van der Waals surface area contributed by atoms with Crippen molar-refractivity contribution in [3.8, 4) is 0 Å². The molecule has 1 heterocycles. The molecule has 6 heteroatoms. The predicted molar refractivity (Wildman–Crippen MR) is 71.3 cm³/mol. The maximum absolute atomic E-state index is 12.0. The Labute approximate surface area is 129 Å². The summed E-state index contributed by atoms with van der Waals surface area (Å²) in [5.74, 6) is -0.409. The second kappa shape index (κ2) is 6.64. The van der Waals surface area contributed by atoms with Gasteiger partial charge in [-0.25, -0.2) is 0 Å². The summed E-state index contributed by atoms with van der Waals surface area (Å²) in [5, 5.41) is 5.09. The Kier molecular flexibility index (Phi) is 6.55. The molecule has 17 heavy (non-hydrogen) atoms. The van der Waals surface area contributed by atoms with Gasteiger partial charge in [-0.3, -0.25) is 9.59 Å². The van der Waals surface area contributed by atoms with Gasteiger partial charge < -0.3 is 10.6 Å². The van der Waals surface area contributed by atoms with Gasteiger partial charge in [-0.2, -0.15) is 0 Å². The van der Waals surface area contributed by atoms with E-state index in [1.807, 2.05) is 13.8 Å². The monoisotopic (exact) mass is 263 g/mol. The summed E-state index contributed by atoms with van der Waals surface area (Å²) >= 11 is 4.77. The molecule has 89 valence electrons. The number of hydrogen-bond acceptors (Lipinski definition) is 3. The van der Waals surface area contributed by atoms with Crippen LogP contribution in [0.15, 0.2) is 12.7 Å². The third-order valence-electron chi connectivity index (χ3n) is 2.57. The SMILES string of the molecule is C=CCC1(CC(C)C)C(=O)NC(=S)NC1=O.[Na]. The van der Waals surface area contributed by atoms with Gasteiger partial charge in [0, 0.05) is 29.6 Å². The van der Waals surface area contributed by atoms with E-state index < -0.39 is 5.41 Å². The molecule has 0 unspecified atom stereocenters. The first kappa shape index (κ1) is 16.8. The quantitative estimate of drug-likeness (QED) is 0.340. The third-order valence-corrected chi connectivity index (χ3v) is 2.78. The average Bonchev–Trinajstić information content (AvgIpc) is 2.13. The number of amides is 2. The van der Waals surface area contributed by atoms with Gasteiger partial charge in [0.25, 0.3) is 0 Å². The van der Waals surface area contributed by atoms with E-state index in [9.17, 15) is 9.59 Å². The van der Waals surface area contributed by atoms with Crippen LogP contribution in [0.1, 0.15) is 26.7 Å². The van der Waals surface area contributed by atoms with Crippen molar-refractivity contribution in [2.45, 2.75) is 26.7 Å². The van der Waals surface area contributed by atoms with Gasteiger partial charge in [0.2, 0.25) is 11.8 Å². The number of carbonyl (C=O) groups is 2. The molecule has 2 N–H and O–H groups in total. The maximum atomic E-state index is 12.0. The zero-order valence-corrected chi connectivity index (χ0v) is 13.3. The van der Waals surface area contributed by atoms with Crippen molar-refractivity contribution in [1.29, 1.82) is 0 Å². The molecule has 0 spiro atoms. The minimum atomic E-state index is -1.06. The first-order valence-electron chi connectivity index (χ1n) is 5.20. The van der Waals surface area contributed by atoms with Crippen LogP contribution in [-0.4, -0.2) is 46.5 Å². The number of hydrogen-bond donors (Lipinski definition) is 2. The van der Waals surface area contributed by atoms with Gasteiger partial charge in [-0.05, 0) is 31.0 Å². The van der Waals surface area contributed by atoms with E-state index in [-0.39, 0.29) is 52.4 Å². The first-order chi connectivity index (χ1) is 7.42. The van der Waals surface area contributed by atoms with Gasteiger partial charge in [0.15, 0.2) is 5.11 Å². The largest absolute Gasteiger partial charge is 0.302 e. The van der Waals surface area contributed by atoms with E-state index in [0.717, 1.165) is 0 Å². The summed E-state index contributed by atoms with van der Waals surface area (Å²) < 4.78 is 0. The summed E-state index contributed by atoms with van der Waals surface area (Å²) in [5.41, 5.74) is -1.06. The van der Waals surface area contributed by atoms with E-state index in [0.29, 0.717) is 12.8 Å². The smallest absolute Gasteiger partial charge is 0.242 e. The van der Waals surface area contributed by atoms with E-state index in [1.54, 1.807) is 6.08 Å². The van der Waals surface area contributed by atoms with Crippen molar-refractivity contribution < 1.29 is 9.59 Å². The second-order valence-corrected chi connectivity index (χ2v) is 4.82. The Hall–Kier alpha value is -0.230. The molecule has 0 saturated carbocycles. The van der Waals surface area contributed by atoms with E-state index >= 15 is 0 Å². The van der Waals surface area contributed by atoms with Gasteiger partial charge >= 0.3 is 0 Å². The van der Waals surface area contributed by atoms with Crippen LogP contribution < -0.4 is 10.6 Å². The van der Waals surface area contributed by atoms with E-state index in [4.69, 9.17) is 12.2 Å². The Morgan fingerprint density at radius 2 is 1.82 bits per heavy atom. The fourth-order valence-corrected chi connectivity index (χ4v) is 2.16. The number of carbonyl (C=O) groups excluding carboxylic acids is 2. The van der Waals surface area contributed by atoms with E-state index in [2.05, 4.69) is 17.2 Å². The summed E-state index contributed by atoms with van der Waals surface area (Å²) in [6.07, 6.45) is 2.40. The molecular formula is C11H16N2NaO2S. The summed E-state index contributed by atoms with van der Waals surface area (Å²) in [6, 6.07) is 0. The number of allylic oxidation sites excluding steroid dienone is 1. The minimum Gasteiger partial charge on any atom is -0.302 e. The zero-order valence-electron chi connectivity index (χ0n) is 10.5. The number of rotatable bonds is 4. The molecule has 1 rings (SSSR count). The summed E-state index contributed by atoms with van der Waals surface area (Å²) in [6.45, 7) is 7.54. The van der Waals surface area contributed by atoms with Crippen LogP contribution >= 0.6 is 12.2 Å². The van der Waals surface area contributed by atoms with Gasteiger partial charge in [0.1, 0.15) is 5.41 Å². The zero-order chi connectivity index (χ0) is 12.3. The molecule has 1 aliphatic heterocycles. The van der Waals surface area contributed by atoms with Crippen molar-refractivity contribution in [1.82, 2.24) is 10.6 Å². The van der Waals surface area contributed by atoms with Crippen LogP contribution in [-0.2, 0) is 9.59 Å². The van der Waals surface area contributed by atoms with Crippen molar-refractivity contribution in [2.75, 3.05) is 0 Å². The Morgan fingerprint density at radius 3 is 2.18 bits per heavy atom. The third kappa shape index (κ3) is 3.61. The maximum Gasteiger partial charge on any atom is 0.242 e. The van der Waals surface area contributed by atoms with Crippen molar-refractivity contribution in [3.63, 3.8) is 0 Å². The molecule has 1 radical (unpaired) electrons. The second-order valence-electron chi connectivity index (χ2n) is 4.41. The van der Waals surface area contributed by atoms with Crippen LogP contribution in [0.3, 0.4) is 0 Å². The van der Waals surface area contributed by atoms with Crippen LogP contribution in [0, 0.1) is 11.3 Å². The van der Waals surface area contributed by atoms with Gasteiger partial charge in [-0.1, -0.05) is 19.9 Å². The molecule has 0 bridgehead atoms. The molecule has 1 saturated heterocycles. The van der Waals surface area contributed by atoms with Crippen LogP contribution in [0.2, 0.25) is 0 Å². The molecule has 0 aliphatic carbocycles. The topological polar surface area (TPSA) is 58.2 Å². The molecule has 0 aromatic rings. The van der Waals surface area contributed by atoms with Crippen molar-refractivity contribution in [2.24, 2.45) is 11.3 Å². The van der Waals surface area contributed by atoms with E-state index in [1.165, 1.54) is 0 Å². The summed E-state index contributed by atoms with van der Waals surface area (Å²) in [7, 11) is 0. The number of nitrogens with one attached hydrogen (secondary N) is 2. The first-order valence-corrected chi connectivity index (χ1v) is 5.61. The molecule has 2 amide bonds.